The molecule has 1 fully saturated rings. The van der Waals surface area contributed by atoms with E-state index in [1.54, 1.807) is 0 Å². The molecule has 1 saturated carbocycles. The van der Waals surface area contributed by atoms with Crippen LogP contribution in [-0.4, -0.2) is 11.2 Å². The highest BCUT2D eigenvalue weighted by Crippen LogP contribution is 2.30. The Labute approximate surface area is 133 Å². The summed E-state index contributed by atoms with van der Waals surface area (Å²) in [7, 11) is 0. The first-order chi connectivity index (χ1) is 10.0. The zero-order valence-corrected chi connectivity index (χ0v) is 13.6. The molecule has 1 atom stereocenters. The summed E-state index contributed by atoms with van der Waals surface area (Å²) in [4.78, 5) is 0. The molecule has 0 aromatic heterocycles. The van der Waals surface area contributed by atoms with Gasteiger partial charge in [0, 0.05) is 10.9 Å². The molecule has 0 saturated heterocycles. The number of halogens is 1. The summed E-state index contributed by atoms with van der Waals surface area (Å²) >= 11 is 3.43. The van der Waals surface area contributed by atoms with E-state index in [9.17, 15) is 5.11 Å². The average molecular weight is 347 g/mol. The van der Waals surface area contributed by atoms with Crippen molar-refractivity contribution >= 4 is 15.9 Å². The molecule has 2 nitrogen and oxygen atoms in total. The summed E-state index contributed by atoms with van der Waals surface area (Å²) in [6, 6.07) is 15.9. The van der Waals surface area contributed by atoms with Gasteiger partial charge in [0.25, 0.3) is 0 Å². The van der Waals surface area contributed by atoms with Gasteiger partial charge in [-0.2, -0.15) is 0 Å². The summed E-state index contributed by atoms with van der Waals surface area (Å²) < 4.78 is 6.79. The molecule has 1 N–H and O–H groups in total. The van der Waals surface area contributed by atoms with Crippen molar-refractivity contribution in [1.82, 2.24) is 0 Å². The zero-order valence-electron chi connectivity index (χ0n) is 12.1. The molecule has 3 rings (SSSR count). The van der Waals surface area contributed by atoms with Gasteiger partial charge in [-0.05, 0) is 55.2 Å². The molecular weight excluding hydrogens is 328 g/mol. The molecule has 1 aliphatic rings. The van der Waals surface area contributed by atoms with Crippen LogP contribution in [0.1, 0.15) is 30.9 Å². The summed E-state index contributed by atoms with van der Waals surface area (Å²) in [5.74, 6) is 0.890. The smallest absolute Gasteiger partial charge is 0.119 e. The van der Waals surface area contributed by atoms with Crippen LogP contribution in [0, 0.1) is 0 Å². The topological polar surface area (TPSA) is 29.5 Å². The Kier molecular flexibility index (Phi) is 4.05. The lowest BCUT2D eigenvalue weighted by molar-refractivity contribution is 0.0575. The molecule has 1 aliphatic carbocycles. The Hall–Kier alpha value is -1.32. The largest absolute Gasteiger partial charge is 0.490 e. The summed E-state index contributed by atoms with van der Waals surface area (Å²) in [5, 5.41) is 10.7. The monoisotopic (exact) mass is 346 g/mol. The van der Waals surface area contributed by atoms with Crippen LogP contribution >= 0.6 is 15.9 Å². The quantitative estimate of drug-likeness (QED) is 0.866. The van der Waals surface area contributed by atoms with E-state index in [1.165, 1.54) is 0 Å². The van der Waals surface area contributed by atoms with Crippen molar-refractivity contribution in [3.8, 4) is 5.75 Å². The van der Waals surface area contributed by atoms with Crippen LogP contribution in [-0.2, 0) is 12.0 Å². The lowest BCUT2D eigenvalue weighted by atomic mass is 9.89. The second-order valence-electron chi connectivity index (χ2n) is 5.92. The van der Waals surface area contributed by atoms with E-state index in [-0.39, 0.29) is 0 Å². The molecule has 0 spiro atoms. The lowest BCUT2D eigenvalue weighted by Crippen LogP contribution is -2.24. The molecule has 110 valence electrons. The van der Waals surface area contributed by atoms with Crippen LogP contribution in [0.2, 0.25) is 0 Å². The van der Waals surface area contributed by atoms with Crippen LogP contribution in [0.25, 0.3) is 0 Å². The van der Waals surface area contributed by atoms with E-state index in [2.05, 4.69) is 15.9 Å². The number of rotatable bonds is 5. The first-order valence-corrected chi connectivity index (χ1v) is 8.06. The van der Waals surface area contributed by atoms with Crippen molar-refractivity contribution in [3.05, 3.63) is 64.1 Å². The van der Waals surface area contributed by atoms with Crippen molar-refractivity contribution < 1.29 is 9.84 Å². The second kappa shape index (κ2) is 5.82. The Morgan fingerprint density at radius 2 is 1.71 bits per heavy atom. The van der Waals surface area contributed by atoms with E-state index in [0.29, 0.717) is 12.5 Å². The maximum absolute atomic E-state index is 10.7. The van der Waals surface area contributed by atoms with Gasteiger partial charge in [0.15, 0.2) is 0 Å². The number of aliphatic hydroxyl groups is 1. The van der Waals surface area contributed by atoms with Crippen LogP contribution in [0.15, 0.2) is 53.0 Å². The van der Waals surface area contributed by atoms with Crippen molar-refractivity contribution in [2.45, 2.75) is 37.9 Å². The summed E-state index contributed by atoms with van der Waals surface area (Å²) in [5.41, 5.74) is 1.14. The Bertz CT molecular complexity index is 598. The van der Waals surface area contributed by atoms with Crippen molar-refractivity contribution in [3.63, 3.8) is 0 Å². The average Bonchev–Trinajstić information content (AvgIpc) is 3.26. The van der Waals surface area contributed by atoms with Gasteiger partial charge < -0.3 is 9.84 Å². The Morgan fingerprint density at radius 3 is 2.29 bits per heavy atom. The highest BCUT2D eigenvalue weighted by atomic mass is 79.9. The van der Waals surface area contributed by atoms with E-state index >= 15 is 0 Å². The van der Waals surface area contributed by atoms with Gasteiger partial charge in [-0.25, -0.2) is 0 Å². The summed E-state index contributed by atoms with van der Waals surface area (Å²) in [6.07, 6.45) is 3.30. The van der Waals surface area contributed by atoms with Crippen LogP contribution in [0.4, 0.5) is 0 Å². The van der Waals surface area contributed by atoms with Crippen molar-refractivity contribution in [2.24, 2.45) is 0 Å². The first-order valence-electron chi connectivity index (χ1n) is 7.27. The number of ether oxygens (including phenoxy) is 1. The minimum Gasteiger partial charge on any atom is -0.490 e. The zero-order chi connectivity index (χ0) is 14.9. The Balaban J connectivity index is 1.71. The molecule has 3 heteroatoms. The van der Waals surface area contributed by atoms with Gasteiger partial charge in [0.1, 0.15) is 5.75 Å². The van der Waals surface area contributed by atoms with Gasteiger partial charge >= 0.3 is 0 Å². The number of hydrogen-bond acceptors (Lipinski definition) is 2. The van der Waals surface area contributed by atoms with Crippen LogP contribution in [0.5, 0.6) is 5.75 Å². The number of hydrogen-bond donors (Lipinski definition) is 1. The molecule has 21 heavy (non-hydrogen) atoms. The second-order valence-corrected chi connectivity index (χ2v) is 6.83. The molecule has 2 aromatic carbocycles. The maximum Gasteiger partial charge on any atom is 0.119 e. The highest BCUT2D eigenvalue weighted by Gasteiger charge is 2.25. The molecule has 0 radical (unpaired) electrons. The SMILES string of the molecule is CC(O)(Cc1ccc(Br)cc1)c1ccc(OC2CC2)cc1. The molecule has 2 aromatic rings. The molecule has 0 heterocycles. The fourth-order valence-corrected chi connectivity index (χ4v) is 2.64. The van der Waals surface area contributed by atoms with Crippen molar-refractivity contribution in [1.29, 1.82) is 0 Å². The fourth-order valence-electron chi connectivity index (χ4n) is 2.37. The first kappa shape index (κ1) is 14.6. The van der Waals surface area contributed by atoms with E-state index in [4.69, 9.17) is 4.74 Å². The van der Waals surface area contributed by atoms with Gasteiger partial charge in [0.2, 0.25) is 0 Å². The normalized spacial score (nSPS) is 17.3. The maximum atomic E-state index is 10.7. The minimum atomic E-state index is -0.883. The van der Waals surface area contributed by atoms with E-state index < -0.39 is 5.60 Å². The van der Waals surface area contributed by atoms with Gasteiger partial charge in [0.05, 0.1) is 11.7 Å². The molecule has 1 unspecified atom stereocenters. The molecule has 0 bridgehead atoms. The lowest BCUT2D eigenvalue weighted by Gasteiger charge is -2.24. The van der Waals surface area contributed by atoms with Gasteiger partial charge in [-0.15, -0.1) is 0 Å². The van der Waals surface area contributed by atoms with Crippen LogP contribution in [0.3, 0.4) is 0 Å². The Morgan fingerprint density at radius 1 is 1.10 bits per heavy atom. The highest BCUT2D eigenvalue weighted by molar-refractivity contribution is 9.10. The van der Waals surface area contributed by atoms with Gasteiger partial charge in [-0.1, -0.05) is 40.2 Å². The van der Waals surface area contributed by atoms with E-state index in [0.717, 1.165) is 34.2 Å². The molecule has 0 amide bonds. The van der Waals surface area contributed by atoms with E-state index in [1.807, 2.05) is 55.5 Å². The third kappa shape index (κ3) is 3.86. The predicted octanol–water partition coefficient (Wildman–Crippen LogP) is 4.44. The standard InChI is InChI=1S/C18H19BrO2/c1-18(20,12-13-2-6-15(19)7-3-13)14-4-8-16(9-5-14)21-17-10-11-17/h2-9,17,20H,10-12H2,1H3. The summed E-state index contributed by atoms with van der Waals surface area (Å²) in [6.45, 7) is 1.85. The van der Waals surface area contributed by atoms with Gasteiger partial charge in [-0.3, -0.25) is 0 Å². The third-order valence-electron chi connectivity index (χ3n) is 3.76. The third-order valence-corrected chi connectivity index (χ3v) is 4.29. The predicted molar refractivity (Wildman–Crippen MR) is 87.5 cm³/mol. The fraction of sp³-hybridized carbons (Fsp3) is 0.333. The minimum absolute atomic E-state index is 0.402. The molecular formula is C18H19BrO2. The number of benzene rings is 2. The van der Waals surface area contributed by atoms with Crippen LogP contribution < -0.4 is 4.74 Å². The molecule has 0 aliphatic heterocycles. The van der Waals surface area contributed by atoms with Crippen molar-refractivity contribution in [2.75, 3.05) is 0 Å².